The summed E-state index contributed by atoms with van der Waals surface area (Å²) in [6.07, 6.45) is 1.76. The maximum Gasteiger partial charge on any atom is 0.241 e. The van der Waals surface area contributed by atoms with Crippen LogP contribution < -0.4 is 4.72 Å². The molecule has 1 aromatic heterocycles. The first-order valence-corrected chi connectivity index (χ1v) is 7.15. The lowest BCUT2D eigenvalue weighted by Gasteiger charge is -2.05. The summed E-state index contributed by atoms with van der Waals surface area (Å²) in [6.45, 7) is 2.21. The van der Waals surface area contributed by atoms with Crippen molar-refractivity contribution in [3.63, 3.8) is 0 Å². The molecule has 1 heterocycles. The first kappa shape index (κ1) is 12.6. The molecule has 0 fully saturated rings. The topological polar surface area (TPSA) is 66.4 Å². The van der Waals surface area contributed by atoms with E-state index in [-0.39, 0.29) is 11.5 Å². The standard InChI is InChI=1S/C9H15NO3S2/c1-2-3-5-10-15(12,13)9-4-6-14-8(9)7-11/h4,6,10-11H,2-3,5,7H2,1H3. The average Bonchev–Trinajstić information content (AvgIpc) is 2.66. The maximum atomic E-state index is 11.7. The number of thiophene rings is 1. The number of hydrogen-bond donors (Lipinski definition) is 2. The normalized spacial score (nSPS) is 11.9. The fraction of sp³-hybridized carbons (Fsp3) is 0.556. The zero-order valence-corrected chi connectivity index (χ0v) is 10.2. The quantitative estimate of drug-likeness (QED) is 0.747. The molecule has 0 amide bonds. The lowest BCUT2D eigenvalue weighted by molar-refractivity contribution is 0.282. The summed E-state index contributed by atoms with van der Waals surface area (Å²) in [6, 6.07) is 1.52. The summed E-state index contributed by atoms with van der Waals surface area (Å²) in [7, 11) is -3.43. The molecule has 0 aromatic carbocycles. The molecule has 0 atom stereocenters. The van der Waals surface area contributed by atoms with E-state index in [0.29, 0.717) is 11.4 Å². The van der Waals surface area contributed by atoms with E-state index in [9.17, 15) is 8.42 Å². The smallest absolute Gasteiger partial charge is 0.241 e. The van der Waals surface area contributed by atoms with Gasteiger partial charge in [0.2, 0.25) is 10.0 Å². The van der Waals surface area contributed by atoms with Gasteiger partial charge >= 0.3 is 0 Å². The molecule has 0 aliphatic rings. The van der Waals surface area contributed by atoms with Crippen LogP contribution in [-0.2, 0) is 16.6 Å². The molecule has 0 radical (unpaired) electrons. The minimum atomic E-state index is -3.43. The number of aliphatic hydroxyl groups excluding tert-OH is 1. The number of rotatable bonds is 6. The Morgan fingerprint density at radius 2 is 2.27 bits per heavy atom. The van der Waals surface area contributed by atoms with Crippen LogP contribution in [0.3, 0.4) is 0 Å². The highest BCUT2D eigenvalue weighted by molar-refractivity contribution is 7.89. The van der Waals surface area contributed by atoms with Crippen LogP contribution in [0.5, 0.6) is 0 Å². The van der Waals surface area contributed by atoms with Gasteiger partial charge in [-0.3, -0.25) is 0 Å². The van der Waals surface area contributed by atoms with Crippen LogP contribution in [0, 0.1) is 0 Å². The molecule has 6 heteroatoms. The molecule has 4 nitrogen and oxygen atoms in total. The molecule has 1 aromatic rings. The van der Waals surface area contributed by atoms with Gasteiger partial charge in [-0.1, -0.05) is 13.3 Å². The van der Waals surface area contributed by atoms with Gasteiger partial charge in [-0.2, -0.15) is 0 Å². The van der Waals surface area contributed by atoms with E-state index in [1.54, 1.807) is 5.38 Å². The summed E-state index contributed by atoms with van der Waals surface area (Å²) in [5, 5.41) is 10.6. The third-order valence-corrected chi connectivity index (χ3v) is 4.54. The number of unbranched alkanes of at least 4 members (excludes halogenated alkanes) is 1. The van der Waals surface area contributed by atoms with Gasteiger partial charge in [-0.25, -0.2) is 13.1 Å². The van der Waals surface area contributed by atoms with Gasteiger partial charge in [0, 0.05) is 11.4 Å². The number of nitrogens with one attached hydrogen (secondary N) is 1. The van der Waals surface area contributed by atoms with E-state index < -0.39 is 10.0 Å². The second kappa shape index (κ2) is 5.60. The van der Waals surface area contributed by atoms with Crippen molar-refractivity contribution in [3.05, 3.63) is 16.3 Å². The van der Waals surface area contributed by atoms with Gasteiger partial charge in [0.25, 0.3) is 0 Å². The van der Waals surface area contributed by atoms with Crippen LogP contribution >= 0.6 is 11.3 Å². The van der Waals surface area contributed by atoms with Crippen molar-refractivity contribution < 1.29 is 13.5 Å². The second-order valence-electron chi connectivity index (χ2n) is 3.12. The predicted molar refractivity (Wildman–Crippen MR) is 60.3 cm³/mol. The fourth-order valence-corrected chi connectivity index (χ4v) is 3.51. The van der Waals surface area contributed by atoms with Crippen molar-refractivity contribution in [2.24, 2.45) is 0 Å². The van der Waals surface area contributed by atoms with E-state index >= 15 is 0 Å². The van der Waals surface area contributed by atoms with Crippen LogP contribution in [0.25, 0.3) is 0 Å². The van der Waals surface area contributed by atoms with E-state index in [4.69, 9.17) is 5.11 Å². The molecule has 2 N–H and O–H groups in total. The molecule has 0 aliphatic carbocycles. The Bertz CT molecular complexity index is 397. The van der Waals surface area contributed by atoms with Crippen LogP contribution in [-0.4, -0.2) is 20.1 Å². The monoisotopic (exact) mass is 249 g/mol. The highest BCUT2D eigenvalue weighted by Crippen LogP contribution is 2.21. The molecule has 1 rings (SSSR count). The summed E-state index contributed by atoms with van der Waals surface area (Å²) < 4.78 is 26.0. The molecule has 86 valence electrons. The summed E-state index contributed by atoms with van der Waals surface area (Å²) in [5.41, 5.74) is 0. The van der Waals surface area contributed by atoms with E-state index in [0.717, 1.165) is 12.8 Å². The maximum absolute atomic E-state index is 11.7. The zero-order valence-electron chi connectivity index (χ0n) is 8.56. The average molecular weight is 249 g/mol. The SMILES string of the molecule is CCCCNS(=O)(=O)c1ccsc1CO. The summed E-state index contributed by atoms with van der Waals surface area (Å²) >= 11 is 1.25. The van der Waals surface area contributed by atoms with Crippen molar-refractivity contribution in [2.75, 3.05) is 6.54 Å². The molecule has 0 unspecified atom stereocenters. The third-order valence-electron chi connectivity index (χ3n) is 1.96. The lowest BCUT2D eigenvalue weighted by atomic mass is 10.3. The number of hydrogen-bond acceptors (Lipinski definition) is 4. The second-order valence-corrected chi connectivity index (χ2v) is 5.85. The van der Waals surface area contributed by atoms with Crippen molar-refractivity contribution in [3.8, 4) is 0 Å². The Kier molecular flexibility index (Phi) is 4.72. The predicted octanol–water partition coefficient (Wildman–Crippen LogP) is 1.32. The Morgan fingerprint density at radius 1 is 1.53 bits per heavy atom. The third kappa shape index (κ3) is 3.27. The summed E-state index contributed by atoms with van der Waals surface area (Å²) in [4.78, 5) is 0.685. The lowest BCUT2D eigenvalue weighted by Crippen LogP contribution is -2.25. The largest absolute Gasteiger partial charge is 0.391 e. The van der Waals surface area contributed by atoms with Gasteiger partial charge in [-0.15, -0.1) is 11.3 Å². The van der Waals surface area contributed by atoms with Crippen molar-refractivity contribution in [1.29, 1.82) is 0 Å². The van der Waals surface area contributed by atoms with Crippen LogP contribution in [0.4, 0.5) is 0 Å². The van der Waals surface area contributed by atoms with Gasteiger partial charge in [0.15, 0.2) is 0 Å². The molecular weight excluding hydrogens is 234 g/mol. The molecule has 0 saturated heterocycles. The molecule has 0 spiro atoms. The van der Waals surface area contributed by atoms with E-state index in [1.807, 2.05) is 6.92 Å². The van der Waals surface area contributed by atoms with E-state index in [2.05, 4.69) is 4.72 Å². The number of sulfonamides is 1. The Labute approximate surface area is 94.0 Å². The van der Waals surface area contributed by atoms with Crippen molar-refractivity contribution >= 4 is 21.4 Å². The fourth-order valence-electron chi connectivity index (χ4n) is 1.14. The molecule has 0 aliphatic heterocycles. The Balaban J connectivity index is 2.77. The van der Waals surface area contributed by atoms with Crippen molar-refractivity contribution in [1.82, 2.24) is 4.72 Å². The highest BCUT2D eigenvalue weighted by Gasteiger charge is 2.18. The van der Waals surface area contributed by atoms with Gasteiger partial charge < -0.3 is 5.11 Å². The van der Waals surface area contributed by atoms with Crippen LogP contribution in [0.2, 0.25) is 0 Å². The molecule has 0 bridgehead atoms. The Morgan fingerprint density at radius 3 is 2.87 bits per heavy atom. The van der Waals surface area contributed by atoms with Crippen molar-refractivity contribution in [2.45, 2.75) is 31.3 Å². The summed E-state index contributed by atoms with van der Waals surface area (Å²) in [5.74, 6) is 0. The first-order valence-electron chi connectivity index (χ1n) is 4.78. The molecular formula is C9H15NO3S2. The zero-order chi connectivity index (χ0) is 11.3. The minimum Gasteiger partial charge on any atom is -0.391 e. The van der Waals surface area contributed by atoms with E-state index in [1.165, 1.54) is 17.4 Å². The molecule has 0 saturated carbocycles. The minimum absolute atomic E-state index is 0.200. The Hall–Kier alpha value is -0.430. The van der Waals surface area contributed by atoms with Gasteiger partial charge in [0.1, 0.15) is 0 Å². The first-order chi connectivity index (χ1) is 7.11. The highest BCUT2D eigenvalue weighted by atomic mass is 32.2. The number of aliphatic hydroxyl groups is 1. The van der Waals surface area contributed by atoms with Gasteiger partial charge in [0.05, 0.1) is 11.5 Å². The molecule has 15 heavy (non-hydrogen) atoms. The van der Waals surface area contributed by atoms with Gasteiger partial charge in [-0.05, 0) is 17.9 Å². The van der Waals surface area contributed by atoms with Crippen LogP contribution in [0.1, 0.15) is 24.6 Å². The van der Waals surface area contributed by atoms with Crippen LogP contribution in [0.15, 0.2) is 16.3 Å².